The Hall–Kier alpha value is -2.33. The van der Waals surface area contributed by atoms with Gasteiger partial charge in [-0.15, -0.1) is 0 Å². The number of hydrogen-bond donors (Lipinski definition) is 1. The highest BCUT2D eigenvalue weighted by Gasteiger charge is 2.23. The smallest absolute Gasteiger partial charge is 0.251 e. The predicted octanol–water partition coefficient (Wildman–Crippen LogP) is 4.29. The summed E-state index contributed by atoms with van der Waals surface area (Å²) < 4.78 is 5.69. The molecule has 0 spiro atoms. The van der Waals surface area contributed by atoms with Crippen LogP contribution in [0.4, 0.5) is 0 Å². The lowest BCUT2D eigenvalue weighted by atomic mass is 10.1. The fraction of sp³-hybridized carbons (Fsp3) is 0.435. The van der Waals surface area contributed by atoms with Gasteiger partial charge in [-0.2, -0.15) is 0 Å². The van der Waals surface area contributed by atoms with Gasteiger partial charge in [-0.25, -0.2) is 0 Å². The molecule has 4 heteroatoms. The highest BCUT2D eigenvalue weighted by atomic mass is 16.5. The van der Waals surface area contributed by atoms with Crippen LogP contribution in [0.15, 0.2) is 54.6 Å². The van der Waals surface area contributed by atoms with Crippen LogP contribution in [-0.2, 0) is 0 Å². The summed E-state index contributed by atoms with van der Waals surface area (Å²) in [5.74, 6) is 1.25. The van der Waals surface area contributed by atoms with Gasteiger partial charge < -0.3 is 10.1 Å². The molecule has 1 aliphatic heterocycles. The normalized spacial score (nSPS) is 15.7. The summed E-state index contributed by atoms with van der Waals surface area (Å²) >= 11 is 0. The van der Waals surface area contributed by atoms with Gasteiger partial charge in [-0.05, 0) is 61.7 Å². The molecule has 4 nitrogen and oxygen atoms in total. The minimum atomic E-state index is -0.0365. The van der Waals surface area contributed by atoms with Crippen LogP contribution < -0.4 is 10.1 Å². The highest BCUT2D eigenvalue weighted by Crippen LogP contribution is 2.24. The van der Waals surface area contributed by atoms with Gasteiger partial charge in [0.15, 0.2) is 0 Å². The molecule has 0 aromatic heterocycles. The SMILES string of the molecule is CC(C)COc1ccc(C(=O)NC[C@@H](c2ccccc2)N2CCCC2)cc1. The van der Waals surface area contributed by atoms with Gasteiger partial charge in [0.2, 0.25) is 0 Å². The zero-order valence-electron chi connectivity index (χ0n) is 16.4. The molecule has 0 saturated carbocycles. The maximum Gasteiger partial charge on any atom is 0.251 e. The van der Waals surface area contributed by atoms with Gasteiger partial charge in [-0.3, -0.25) is 9.69 Å². The van der Waals surface area contributed by atoms with Gasteiger partial charge in [0.1, 0.15) is 5.75 Å². The van der Waals surface area contributed by atoms with Crippen molar-refractivity contribution in [3.63, 3.8) is 0 Å². The van der Waals surface area contributed by atoms with E-state index in [1.54, 1.807) is 0 Å². The molecule has 1 heterocycles. The van der Waals surface area contributed by atoms with Crippen LogP contribution in [-0.4, -0.2) is 37.0 Å². The van der Waals surface area contributed by atoms with Crippen LogP contribution in [0.25, 0.3) is 0 Å². The lowest BCUT2D eigenvalue weighted by molar-refractivity contribution is 0.0938. The number of benzene rings is 2. The summed E-state index contributed by atoms with van der Waals surface area (Å²) in [6.45, 7) is 7.72. The molecule has 27 heavy (non-hydrogen) atoms. The first-order valence-electron chi connectivity index (χ1n) is 9.93. The van der Waals surface area contributed by atoms with Crippen molar-refractivity contribution in [2.75, 3.05) is 26.2 Å². The molecule has 0 bridgehead atoms. The maximum absolute atomic E-state index is 12.6. The van der Waals surface area contributed by atoms with Gasteiger partial charge in [-0.1, -0.05) is 44.2 Å². The van der Waals surface area contributed by atoms with E-state index in [1.807, 2.05) is 30.3 Å². The Balaban J connectivity index is 1.60. The number of likely N-dealkylation sites (tertiary alicyclic amines) is 1. The molecule has 0 unspecified atom stereocenters. The Bertz CT molecular complexity index is 707. The average Bonchev–Trinajstić information content (AvgIpc) is 3.22. The zero-order valence-corrected chi connectivity index (χ0v) is 16.4. The molecule has 0 radical (unpaired) electrons. The van der Waals surface area contributed by atoms with E-state index in [4.69, 9.17) is 4.74 Å². The second kappa shape index (κ2) is 9.56. The van der Waals surface area contributed by atoms with Crippen LogP contribution in [0, 0.1) is 5.92 Å². The number of rotatable bonds is 8. The van der Waals surface area contributed by atoms with Crippen molar-refractivity contribution in [3.05, 3.63) is 65.7 Å². The molecule has 144 valence electrons. The highest BCUT2D eigenvalue weighted by molar-refractivity contribution is 5.94. The van der Waals surface area contributed by atoms with Crippen molar-refractivity contribution in [1.29, 1.82) is 0 Å². The van der Waals surface area contributed by atoms with E-state index in [0.717, 1.165) is 18.8 Å². The van der Waals surface area contributed by atoms with E-state index in [0.29, 0.717) is 24.6 Å². The molecule has 1 saturated heterocycles. The van der Waals surface area contributed by atoms with Crippen LogP contribution in [0.5, 0.6) is 5.75 Å². The van der Waals surface area contributed by atoms with E-state index in [2.05, 4.69) is 48.3 Å². The summed E-state index contributed by atoms with van der Waals surface area (Å²) in [6.07, 6.45) is 2.46. The topological polar surface area (TPSA) is 41.6 Å². The molecule has 1 fully saturated rings. The Morgan fingerprint density at radius 2 is 1.70 bits per heavy atom. The monoisotopic (exact) mass is 366 g/mol. The predicted molar refractivity (Wildman–Crippen MR) is 109 cm³/mol. The van der Waals surface area contributed by atoms with Gasteiger partial charge >= 0.3 is 0 Å². The summed E-state index contributed by atoms with van der Waals surface area (Å²) in [6, 6.07) is 18.1. The van der Waals surface area contributed by atoms with Crippen molar-refractivity contribution in [2.45, 2.75) is 32.7 Å². The summed E-state index contributed by atoms with van der Waals surface area (Å²) in [7, 11) is 0. The van der Waals surface area contributed by atoms with Crippen LogP contribution in [0.3, 0.4) is 0 Å². The second-order valence-electron chi connectivity index (χ2n) is 7.61. The number of nitrogens with one attached hydrogen (secondary N) is 1. The van der Waals surface area contributed by atoms with Crippen molar-refractivity contribution < 1.29 is 9.53 Å². The molecule has 3 rings (SSSR count). The first-order chi connectivity index (χ1) is 13.1. The number of carbonyl (C=O) groups is 1. The fourth-order valence-electron chi connectivity index (χ4n) is 3.44. The number of hydrogen-bond acceptors (Lipinski definition) is 3. The third kappa shape index (κ3) is 5.57. The summed E-state index contributed by atoms with van der Waals surface area (Å²) in [5, 5.41) is 3.12. The van der Waals surface area contributed by atoms with E-state index in [1.165, 1.54) is 18.4 Å². The van der Waals surface area contributed by atoms with Crippen molar-refractivity contribution in [2.24, 2.45) is 5.92 Å². The van der Waals surface area contributed by atoms with E-state index >= 15 is 0 Å². The van der Waals surface area contributed by atoms with Gasteiger partial charge in [0.05, 0.1) is 12.6 Å². The number of nitrogens with zero attached hydrogens (tertiary/aromatic N) is 1. The number of amides is 1. The van der Waals surface area contributed by atoms with Crippen LogP contribution in [0.2, 0.25) is 0 Å². The standard InChI is InChI=1S/C23H30N2O2/c1-18(2)17-27-21-12-10-20(11-13-21)23(26)24-16-22(25-14-6-7-15-25)19-8-4-3-5-9-19/h3-5,8-13,18,22H,6-7,14-17H2,1-2H3,(H,24,26)/t22-/m0/s1. The average molecular weight is 367 g/mol. The van der Waals surface area contributed by atoms with E-state index < -0.39 is 0 Å². The maximum atomic E-state index is 12.6. The molecular weight excluding hydrogens is 336 g/mol. The zero-order chi connectivity index (χ0) is 19.1. The largest absolute Gasteiger partial charge is 0.493 e. The molecule has 1 atom stereocenters. The number of ether oxygens (including phenoxy) is 1. The molecule has 2 aromatic rings. The Morgan fingerprint density at radius 3 is 2.33 bits per heavy atom. The lowest BCUT2D eigenvalue weighted by Crippen LogP contribution is -2.36. The first kappa shape index (κ1) is 19.4. The molecule has 1 amide bonds. The van der Waals surface area contributed by atoms with Crippen LogP contribution >= 0.6 is 0 Å². The van der Waals surface area contributed by atoms with Gasteiger partial charge in [0.25, 0.3) is 5.91 Å². The molecule has 1 N–H and O–H groups in total. The van der Waals surface area contributed by atoms with E-state index in [-0.39, 0.29) is 11.9 Å². The lowest BCUT2D eigenvalue weighted by Gasteiger charge is -2.28. The minimum Gasteiger partial charge on any atom is -0.493 e. The summed E-state index contributed by atoms with van der Waals surface area (Å²) in [5.41, 5.74) is 1.93. The van der Waals surface area contributed by atoms with Crippen molar-refractivity contribution >= 4 is 5.91 Å². The van der Waals surface area contributed by atoms with E-state index in [9.17, 15) is 4.79 Å². The van der Waals surface area contributed by atoms with Gasteiger partial charge in [0, 0.05) is 12.1 Å². The quantitative estimate of drug-likeness (QED) is 0.758. The fourth-order valence-corrected chi connectivity index (χ4v) is 3.44. The Labute approximate surface area is 162 Å². The van der Waals surface area contributed by atoms with Crippen molar-refractivity contribution in [1.82, 2.24) is 10.2 Å². The van der Waals surface area contributed by atoms with Crippen LogP contribution in [0.1, 0.15) is 48.7 Å². The number of carbonyl (C=O) groups excluding carboxylic acids is 1. The minimum absolute atomic E-state index is 0.0365. The second-order valence-corrected chi connectivity index (χ2v) is 7.61. The first-order valence-corrected chi connectivity index (χ1v) is 9.93. The third-order valence-corrected chi connectivity index (χ3v) is 4.92. The van der Waals surface area contributed by atoms with Crippen molar-refractivity contribution in [3.8, 4) is 5.75 Å². The third-order valence-electron chi connectivity index (χ3n) is 4.92. The summed E-state index contributed by atoms with van der Waals surface area (Å²) in [4.78, 5) is 15.1. The molecular formula is C23H30N2O2. The molecule has 2 aromatic carbocycles. The Morgan fingerprint density at radius 1 is 1.04 bits per heavy atom. The Kier molecular flexibility index (Phi) is 6.88. The molecule has 0 aliphatic carbocycles. The molecule has 1 aliphatic rings.